The van der Waals surface area contributed by atoms with Gasteiger partial charge in [-0.15, -0.1) is 0 Å². The molecule has 0 saturated carbocycles. The molecular formula is C24H22N4O4S2. The van der Waals surface area contributed by atoms with E-state index in [2.05, 4.69) is 19.4 Å². The first-order chi connectivity index (χ1) is 16.4. The van der Waals surface area contributed by atoms with Gasteiger partial charge in [-0.2, -0.15) is 0 Å². The van der Waals surface area contributed by atoms with E-state index >= 15 is 0 Å². The molecule has 4 rings (SSSR count). The van der Waals surface area contributed by atoms with E-state index < -0.39 is 32.1 Å². The van der Waals surface area contributed by atoms with Gasteiger partial charge in [-0.3, -0.25) is 0 Å². The van der Waals surface area contributed by atoms with Crippen LogP contribution in [-0.4, -0.2) is 26.8 Å². The van der Waals surface area contributed by atoms with E-state index in [4.69, 9.17) is 0 Å². The number of pyridine rings is 2. The summed E-state index contributed by atoms with van der Waals surface area (Å²) in [5.41, 5.74) is 1.14. The van der Waals surface area contributed by atoms with Crippen LogP contribution in [0.1, 0.15) is 23.2 Å². The lowest BCUT2D eigenvalue weighted by Crippen LogP contribution is -2.41. The molecular weight excluding hydrogens is 472 g/mol. The van der Waals surface area contributed by atoms with Gasteiger partial charge in [0.05, 0.1) is 12.1 Å². The molecule has 2 N–H and O–H groups in total. The van der Waals surface area contributed by atoms with Crippen LogP contribution in [0.15, 0.2) is 120 Å². The van der Waals surface area contributed by atoms with Gasteiger partial charge in [0.25, 0.3) is 20.0 Å². The molecule has 0 saturated heterocycles. The Morgan fingerprint density at radius 1 is 0.500 bits per heavy atom. The second-order valence-electron chi connectivity index (χ2n) is 7.36. The molecule has 10 heteroatoms. The van der Waals surface area contributed by atoms with Crippen molar-refractivity contribution >= 4 is 20.0 Å². The molecule has 34 heavy (non-hydrogen) atoms. The second-order valence-corrected chi connectivity index (χ2v) is 10.7. The van der Waals surface area contributed by atoms with Crippen molar-refractivity contribution in [3.05, 3.63) is 121 Å². The van der Waals surface area contributed by atoms with Crippen LogP contribution in [0.4, 0.5) is 0 Å². The second kappa shape index (κ2) is 10.2. The number of hydrogen-bond acceptors (Lipinski definition) is 6. The third-order valence-corrected chi connectivity index (χ3v) is 7.75. The zero-order chi connectivity index (χ0) is 24.0. The number of aromatic nitrogens is 2. The lowest BCUT2D eigenvalue weighted by Gasteiger charge is -2.29. The topological polar surface area (TPSA) is 118 Å². The van der Waals surface area contributed by atoms with Gasteiger partial charge >= 0.3 is 0 Å². The minimum atomic E-state index is -4.09. The zero-order valence-corrected chi connectivity index (χ0v) is 19.5. The van der Waals surface area contributed by atoms with Gasteiger partial charge in [0.1, 0.15) is 0 Å². The molecule has 0 bridgehead atoms. The van der Waals surface area contributed by atoms with Crippen LogP contribution in [0.25, 0.3) is 0 Å². The fraction of sp³-hybridized carbons (Fsp3) is 0.0833. The third kappa shape index (κ3) is 5.54. The molecule has 2 aromatic carbocycles. The minimum absolute atomic E-state index is 0.171. The molecule has 0 unspecified atom stereocenters. The van der Waals surface area contributed by atoms with Crippen LogP contribution in [0.2, 0.25) is 0 Å². The number of nitrogens with zero attached hydrogens (tertiary/aromatic N) is 2. The number of sulfonamides is 2. The van der Waals surface area contributed by atoms with Crippen molar-refractivity contribution in [1.82, 2.24) is 19.4 Å². The van der Waals surface area contributed by atoms with Gasteiger partial charge in [-0.25, -0.2) is 36.2 Å². The van der Waals surface area contributed by atoms with E-state index in [1.807, 2.05) is 0 Å². The maximum absolute atomic E-state index is 13.2. The molecule has 2 heterocycles. The summed E-state index contributed by atoms with van der Waals surface area (Å²) in [6.07, 6.45) is 2.76. The fourth-order valence-corrected chi connectivity index (χ4v) is 5.81. The highest BCUT2D eigenvalue weighted by Gasteiger charge is 2.33. The summed E-state index contributed by atoms with van der Waals surface area (Å²) >= 11 is 0. The van der Waals surface area contributed by atoms with E-state index in [0.29, 0.717) is 11.1 Å². The highest BCUT2D eigenvalue weighted by Crippen LogP contribution is 2.32. The summed E-state index contributed by atoms with van der Waals surface area (Å²) in [5, 5.41) is -0.342. The Morgan fingerprint density at radius 3 is 1.18 bits per heavy atom. The van der Waals surface area contributed by atoms with Crippen molar-refractivity contribution in [1.29, 1.82) is 0 Å². The summed E-state index contributed by atoms with van der Waals surface area (Å²) in [5.74, 6) is 0. The normalized spacial score (nSPS) is 13.8. The molecule has 0 aliphatic heterocycles. The maximum atomic E-state index is 13.2. The largest absolute Gasteiger partial charge is 0.258 e. The molecule has 0 aliphatic rings. The summed E-state index contributed by atoms with van der Waals surface area (Å²) in [6.45, 7) is 0. The Balaban J connectivity index is 1.82. The Morgan fingerprint density at radius 2 is 0.853 bits per heavy atom. The molecule has 174 valence electrons. The zero-order valence-electron chi connectivity index (χ0n) is 17.9. The van der Waals surface area contributed by atoms with Crippen molar-refractivity contribution < 1.29 is 16.8 Å². The molecule has 0 aliphatic carbocycles. The highest BCUT2D eigenvalue weighted by atomic mass is 32.2. The highest BCUT2D eigenvalue weighted by molar-refractivity contribution is 7.89. The van der Waals surface area contributed by atoms with E-state index in [0.717, 1.165) is 0 Å². The Kier molecular flexibility index (Phi) is 7.13. The molecule has 0 amide bonds. The first-order valence-corrected chi connectivity index (χ1v) is 13.3. The monoisotopic (exact) mass is 494 g/mol. The van der Waals surface area contributed by atoms with E-state index in [-0.39, 0.29) is 10.1 Å². The third-order valence-electron chi connectivity index (χ3n) is 5.04. The van der Waals surface area contributed by atoms with Crippen molar-refractivity contribution in [3.8, 4) is 0 Å². The average Bonchev–Trinajstić information content (AvgIpc) is 2.88. The molecule has 8 nitrogen and oxygen atoms in total. The average molecular weight is 495 g/mol. The lowest BCUT2D eigenvalue weighted by atomic mass is 9.95. The first kappa shape index (κ1) is 23.7. The van der Waals surface area contributed by atoms with E-state index in [1.165, 1.54) is 24.5 Å². The molecule has 4 aromatic rings. The van der Waals surface area contributed by atoms with E-state index in [9.17, 15) is 16.8 Å². The van der Waals surface area contributed by atoms with Gasteiger partial charge in [-0.1, -0.05) is 72.8 Å². The summed E-state index contributed by atoms with van der Waals surface area (Å²) in [4.78, 5) is 7.90. The summed E-state index contributed by atoms with van der Waals surface area (Å²) < 4.78 is 58.2. The molecule has 2 atom stereocenters. The lowest BCUT2D eigenvalue weighted by molar-refractivity contribution is 0.464. The van der Waals surface area contributed by atoms with Gasteiger partial charge in [-0.05, 0) is 35.4 Å². The van der Waals surface area contributed by atoms with Crippen molar-refractivity contribution in [2.75, 3.05) is 0 Å². The van der Waals surface area contributed by atoms with E-state index in [1.54, 1.807) is 84.9 Å². The number of hydrogen-bond donors (Lipinski definition) is 2. The fourth-order valence-electron chi connectivity index (χ4n) is 3.44. The molecule has 0 fully saturated rings. The summed E-state index contributed by atoms with van der Waals surface area (Å²) in [6, 6.07) is 24.7. The van der Waals surface area contributed by atoms with Crippen LogP contribution in [0, 0.1) is 0 Å². The van der Waals surface area contributed by atoms with Crippen LogP contribution >= 0.6 is 0 Å². The Bertz CT molecular complexity index is 1310. The smallest absolute Gasteiger partial charge is 0.243 e. The number of benzene rings is 2. The molecule has 0 radical (unpaired) electrons. The number of nitrogens with one attached hydrogen (secondary N) is 2. The van der Waals surface area contributed by atoms with Crippen LogP contribution in [0.3, 0.4) is 0 Å². The Labute approximate surface area is 198 Å². The van der Waals surface area contributed by atoms with Crippen molar-refractivity contribution in [2.24, 2.45) is 0 Å². The number of rotatable bonds is 9. The quantitative estimate of drug-likeness (QED) is 0.369. The van der Waals surface area contributed by atoms with Gasteiger partial charge in [0, 0.05) is 12.4 Å². The van der Waals surface area contributed by atoms with Crippen LogP contribution in [-0.2, 0) is 20.0 Å². The standard InChI is InChI=1S/C24H22N4O4S2/c29-33(30,21-15-7-9-17-25-21)27-23(19-11-3-1-4-12-19)24(20-13-5-2-6-14-20)28-34(31,32)22-16-8-10-18-26-22/h1-18,23-24,27-28H/t23-,24-/m1/s1. The predicted molar refractivity (Wildman–Crippen MR) is 127 cm³/mol. The SMILES string of the molecule is O=S(=O)(N[C@H](c1ccccc1)[C@H](NS(=O)(=O)c1ccccn1)c1ccccc1)c1ccccn1. The van der Waals surface area contributed by atoms with Gasteiger partial charge in [0.15, 0.2) is 10.1 Å². The van der Waals surface area contributed by atoms with Crippen LogP contribution < -0.4 is 9.44 Å². The maximum Gasteiger partial charge on any atom is 0.258 e. The van der Waals surface area contributed by atoms with Crippen LogP contribution in [0.5, 0.6) is 0 Å². The molecule has 2 aromatic heterocycles. The predicted octanol–water partition coefficient (Wildman–Crippen LogP) is 3.22. The summed E-state index contributed by atoms with van der Waals surface area (Å²) in [7, 11) is -8.18. The van der Waals surface area contributed by atoms with Crippen molar-refractivity contribution in [3.63, 3.8) is 0 Å². The first-order valence-electron chi connectivity index (χ1n) is 10.3. The molecule has 0 spiro atoms. The van der Waals surface area contributed by atoms with Gasteiger partial charge < -0.3 is 0 Å². The minimum Gasteiger partial charge on any atom is -0.243 e. The van der Waals surface area contributed by atoms with Gasteiger partial charge in [0.2, 0.25) is 0 Å². The van der Waals surface area contributed by atoms with Crippen molar-refractivity contribution in [2.45, 2.75) is 22.1 Å². The Hall–Kier alpha value is -3.44.